The standard InChI is InChI=1S/C16H21F3N4O3/c1-24-9-13-12(7-23-8-14(20)22-15(23)25-13)21-6-10-2-4-11(5-3-10)26-16(17,18)19/h2,4,8,12-13,21H,3,5-7,9,20H2,1H3. The number of imidazole rings is 1. The van der Waals surface area contributed by atoms with Crippen LogP contribution < -0.4 is 15.8 Å². The highest BCUT2D eigenvalue weighted by molar-refractivity contribution is 5.29. The predicted molar refractivity (Wildman–Crippen MR) is 87.3 cm³/mol. The Morgan fingerprint density at radius 3 is 2.85 bits per heavy atom. The van der Waals surface area contributed by atoms with Crippen molar-refractivity contribution in [2.45, 2.75) is 37.9 Å². The molecule has 1 aromatic heterocycles. The van der Waals surface area contributed by atoms with Crippen LogP contribution in [0.15, 0.2) is 29.7 Å². The second kappa shape index (κ2) is 7.58. The molecule has 0 saturated heterocycles. The van der Waals surface area contributed by atoms with Crippen LogP contribution in [-0.4, -0.2) is 48.3 Å². The number of nitrogen functional groups attached to an aromatic ring is 1. The molecule has 2 atom stereocenters. The Bertz CT molecular complexity index is 699. The molecule has 2 unspecified atom stereocenters. The number of halogens is 3. The van der Waals surface area contributed by atoms with Crippen LogP contribution in [0.25, 0.3) is 0 Å². The molecule has 0 spiro atoms. The number of alkyl halides is 3. The number of aromatic nitrogens is 2. The van der Waals surface area contributed by atoms with Crippen LogP contribution in [0.3, 0.4) is 0 Å². The first-order valence-electron chi connectivity index (χ1n) is 8.20. The summed E-state index contributed by atoms with van der Waals surface area (Å²) in [6, 6.07) is 0.408. The van der Waals surface area contributed by atoms with Gasteiger partial charge < -0.3 is 25.3 Å². The lowest BCUT2D eigenvalue weighted by atomic mass is 10.0. The average Bonchev–Trinajstić information content (AvgIpc) is 2.92. The van der Waals surface area contributed by atoms with Crippen molar-refractivity contribution in [3.63, 3.8) is 0 Å². The molecule has 0 aromatic carbocycles. The average molecular weight is 374 g/mol. The summed E-state index contributed by atoms with van der Waals surface area (Å²) in [6.07, 6.45) is 0.569. The first-order chi connectivity index (χ1) is 12.3. The molecule has 3 rings (SSSR count). The molecule has 0 radical (unpaired) electrons. The predicted octanol–water partition coefficient (Wildman–Crippen LogP) is 1.97. The van der Waals surface area contributed by atoms with Crippen LogP contribution in [0.5, 0.6) is 6.01 Å². The van der Waals surface area contributed by atoms with Gasteiger partial charge in [-0.2, -0.15) is 4.98 Å². The number of hydrogen-bond donors (Lipinski definition) is 2. The molecule has 1 aliphatic heterocycles. The van der Waals surface area contributed by atoms with E-state index in [1.54, 1.807) is 19.4 Å². The zero-order valence-corrected chi connectivity index (χ0v) is 14.3. The fourth-order valence-electron chi connectivity index (χ4n) is 3.01. The van der Waals surface area contributed by atoms with Gasteiger partial charge in [0.2, 0.25) is 0 Å². The van der Waals surface area contributed by atoms with E-state index in [4.69, 9.17) is 15.2 Å². The molecular formula is C16H21F3N4O3. The lowest BCUT2D eigenvalue weighted by Crippen LogP contribution is -2.51. The van der Waals surface area contributed by atoms with Crippen LogP contribution in [0, 0.1) is 0 Å². The molecule has 0 saturated carbocycles. The van der Waals surface area contributed by atoms with Crippen molar-refractivity contribution in [3.05, 3.63) is 29.7 Å². The maximum absolute atomic E-state index is 12.2. The Labute approximate surface area is 148 Å². The highest BCUT2D eigenvalue weighted by Gasteiger charge is 2.33. The van der Waals surface area contributed by atoms with E-state index in [1.165, 1.54) is 6.08 Å². The van der Waals surface area contributed by atoms with E-state index < -0.39 is 6.36 Å². The summed E-state index contributed by atoms with van der Waals surface area (Å²) < 4.78 is 53.5. The molecule has 10 heteroatoms. The Morgan fingerprint density at radius 2 is 2.19 bits per heavy atom. The minimum atomic E-state index is -4.65. The van der Waals surface area contributed by atoms with Crippen molar-refractivity contribution in [1.29, 1.82) is 0 Å². The lowest BCUT2D eigenvalue weighted by Gasteiger charge is -2.33. The van der Waals surface area contributed by atoms with Gasteiger partial charge in [-0.3, -0.25) is 4.57 Å². The van der Waals surface area contributed by atoms with Gasteiger partial charge in [0.05, 0.1) is 18.8 Å². The number of anilines is 1. The van der Waals surface area contributed by atoms with Crippen molar-refractivity contribution in [3.8, 4) is 6.01 Å². The van der Waals surface area contributed by atoms with Gasteiger partial charge in [-0.25, -0.2) is 0 Å². The molecule has 1 aromatic rings. The van der Waals surface area contributed by atoms with Crippen molar-refractivity contribution in [2.75, 3.05) is 26.0 Å². The summed E-state index contributed by atoms with van der Waals surface area (Å²) in [5, 5.41) is 3.38. The Hall–Kier alpha value is -2.20. The third kappa shape index (κ3) is 4.70. The second-order valence-corrected chi connectivity index (χ2v) is 6.21. The minimum absolute atomic E-state index is 0.0475. The fourth-order valence-corrected chi connectivity index (χ4v) is 3.01. The van der Waals surface area contributed by atoms with Gasteiger partial charge in [-0.05, 0) is 12.5 Å². The maximum Gasteiger partial charge on any atom is 0.572 e. The van der Waals surface area contributed by atoms with E-state index in [2.05, 4.69) is 15.0 Å². The van der Waals surface area contributed by atoms with E-state index in [0.29, 0.717) is 37.9 Å². The number of nitrogens with zero attached hydrogens (tertiary/aromatic N) is 2. The summed E-state index contributed by atoms with van der Waals surface area (Å²) >= 11 is 0. The minimum Gasteiger partial charge on any atom is -0.457 e. The largest absolute Gasteiger partial charge is 0.572 e. The van der Waals surface area contributed by atoms with Crippen LogP contribution in [-0.2, 0) is 16.0 Å². The quantitative estimate of drug-likeness (QED) is 0.792. The summed E-state index contributed by atoms with van der Waals surface area (Å²) in [5.41, 5.74) is 6.69. The highest BCUT2D eigenvalue weighted by Crippen LogP contribution is 2.27. The van der Waals surface area contributed by atoms with Crippen LogP contribution in [0.2, 0.25) is 0 Å². The molecule has 2 heterocycles. The van der Waals surface area contributed by atoms with Gasteiger partial charge in [0, 0.05) is 26.6 Å². The summed E-state index contributed by atoms with van der Waals surface area (Å²) in [4.78, 5) is 4.12. The van der Waals surface area contributed by atoms with Crippen molar-refractivity contribution < 1.29 is 27.4 Å². The van der Waals surface area contributed by atoms with Gasteiger partial charge in [0.1, 0.15) is 17.7 Å². The topological polar surface area (TPSA) is 83.6 Å². The number of hydrogen-bond acceptors (Lipinski definition) is 6. The Morgan fingerprint density at radius 1 is 1.38 bits per heavy atom. The van der Waals surface area contributed by atoms with Gasteiger partial charge in [-0.1, -0.05) is 11.6 Å². The van der Waals surface area contributed by atoms with Crippen LogP contribution in [0.4, 0.5) is 19.0 Å². The smallest absolute Gasteiger partial charge is 0.457 e. The first kappa shape index (κ1) is 18.6. The molecule has 0 amide bonds. The first-order valence-corrected chi connectivity index (χ1v) is 8.20. The van der Waals surface area contributed by atoms with Crippen molar-refractivity contribution in [1.82, 2.24) is 14.9 Å². The zero-order valence-electron chi connectivity index (χ0n) is 14.3. The lowest BCUT2D eigenvalue weighted by molar-refractivity contribution is -0.306. The zero-order chi connectivity index (χ0) is 18.7. The molecule has 2 aliphatic rings. The molecule has 1 aliphatic carbocycles. The number of nitrogens with one attached hydrogen (secondary N) is 1. The molecule has 26 heavy (non-hydrogen) atoms. The Balaban J connectivity index is 1.59. The highest BCUT2D eigenvalue weighted by atomic mass is 19.4. The third-order valence-corrected chi connectivity index (χ3v) is 4.22. The van der Waals surface area contributed by atoms with Crippen LogP contribution in [0.1, 0.15) is 12.8 Å². The Kier molecular flexibility index (Phi) is 5.42. The van der Waals surface area contributed by atoms with Gasteiger partial charge >= 0.3 is 6.36 Å². The number of fused-ring (bicyclic) bond motifs is 1. The molecule has 0 bridgehead atoms. The monoisotopic (exact) mass is 374 g/mol. The van der Waals surface area contributed by atoms with E-state index >= 15 is 0 Å². The maximum atomic E-state index is 12.2. The molecule has 3 N–H and O–H groups in total. The van der Waals surface area contributed by atoms with E-state index in [9.17, 15) is 13.2 Å². The molecule has 144 valence electrons. The van der Waals surface area contributed by atoms with Gasteiger partial charge in [0.15, 0.2) is 0 Å². The molecule has 7 nitrogen and oxygen atoms in total. The van der Waals surface area contributed by atoms with E-state index in [0.717, 1.165) is 5.57 Å². The van der Waals surface area contributed by atoms with Crippen molar-refractivity contribution >= 4 is 5.82 Å². The fraction of sp³-hybridized carbons (Fsp3) is 0.562. The molecular weight excluding hydrogens is 353 g/mol. The van der Waals surface area contributed by atoms with Gasteiger partial charge in [0.25, 0.3) is 6.01 Å². The number of rotatable bonds is 6. The van der Waals surface area contributed by atoms with E-state index in [1.807, 2.05) is 4.57 Å². The van der Waals surface area contributed by atoms with Crippen molar-refractivity contribution in [2.24, 2.45) is 0 Å². The normalized spacial score (nSPS) is 22.9. The SMILES string of the molecule is COCC1Oc2nc(N)cn2CC1NCC1=CC=C(OC(F)(F)F)CC1. The number of ether oxygens (including phenoxy) is 3. The number of allylic oxidation sites excluding steroid dienone is 3. The number of nitrogens with two attached hydrogens (primary N) is 1. The summed E-state index contributed by atoms with van der Waals surface area (Å²) in [6.45, 7) is 1.52. The van der Waals surface area contributed by atoms with E-state index in [-0.39, 0.29) is 24.3 Å². The number of methoxy groups -OCH3 is 1. The molecule has 0 fully saturated rings. The third-order valence-electron chi connectivity index (χ3n) is 4.22. The summed E-state index contributed by atoms with van der Waals surface area (Å²) in [5.74, 6) is 0.312. The summed E-state index contributed by atoms with van der Waals surface area (Å²) in [7, 11) is 1.59. The second-order valence-electron chi connectivity index (χ2n) is 6.21. The van der Waals surface area contributed by atoms with Gasteiger partial charge in [-0.15, -0.1) is 13.2 Å². The van der Waals surface area contributed by atoms with Crippen LogP contribution >= 0.6 is 0 Å².